The standard InChI is InChI=1S/C18H20N2O/c1-13(2)16-9-7-15(8-10-16)12-19-20-18(21)17-6-4-5-14(3)11-17/h4-13H,1-3H3,(H,20,21). The summed E-state index contributed by atoms with van der Waals surface area (Å²) in [5.41, 5.74) is 6.46. The second-order valence-corrected chi connectivity index (χ2v) is 5.39. The zero-order valence-corrected chi connectivity index (χ0v) is 12.6. The number of hydrogen-bond acceptors (Lipinski definition) is 2. The number of aryl methyl sites for hydroxylation is 1. The van der Waals surface area contributed by atoms with E-state index in [1.807, 2.05) is 37.3 Å². The number of rotatable bonds is 4. The van der Waals surface area contributed by atoms with Gasteiger partial charge in [0, 0.05) is 5.56 Å². The van der Waals surface area contributed by atoms with Gasteiger partial charge < -0.3 is 0 Å². The van der Waals surface area contributed by atoms with Gasteiger partial charge in [-0.2, -0.15) is 5.10 Å². The van der Waals surface area contributed by atoms with Gasteiger partial charge in [0.15, 0.2) is 0 Å². The van der Waals surface area contributed by atoms with Gasteiger partial charge in [-0.25, -0.2) is 5.43 Å². The number of nitrogens with zero attached hydrogens (tertiary/aromatic N) is 1. The van der Waals surface area contributed by atoms with Crippen LogP contribution in [0.3, 0.4) is 0 Å². The molecule has 3 heteroatoms. The highest BCUT2D eigenvalue weighted by atomic mass is 16.2. The van der Waals surface area contributed by atoms with Crippen molar-refractivity contribution in [2.24, 2.45) is 5.10 Å². The van der Waals surface area contributed by atoms with Crippen LogP contribution in [0.4, 0.5) is 0 Å². The van der Waals surface area contributed by atoms with E-state index in [1.54, 1.807) is 12.3 Å². The number of nitrogens with one attached hydrogen (secondary N) is 1. The molecule has 2 rings (SSSR count). The van der Waals surface area contributed by atoms with E-state index in [4.69, 9.17) is 0 Å². The van der Waals surface area contributed by atoms with E-state index < -0.39 is 0 Å². The summed E-state index contributed by atoms with van der Waals surface area (Å²) in [7, 11) is 0. The summed E-state index contributed by atoms with van der Waals surface area (Å²) in [6, 6.07) is 15.6. The van der Waals surface area contributed by atoms with Crippen LogP contribution in [0.15, 0.2) is 53.6 Å². The lowest BCUT2D eigenvalue weighted by Gasteiger charge is -2.04. The van der Waals surface area contributed by atoms with Crippen LogP contribution in [-0.4, -0.2) is 12.1 Å². The van der Waals surface area contributed by atoms with E-state index in [0.717, 1.165) is 11.1 Å². The Balaban J connectivity index is 1.97. The third kappa shape index (κ3) is 4.28. The van der Waals surface area contributed by atoms with Crippen LogP contribution in [-0.2, 0) is 0 Å². The first-order valence-electron chi connectivity index (χ1n) is 7.06. The average Bonchev–Trinajstić information content (AvgIpc) is 2.47. The van der Waals surface area contributed by atoms with Crippen molar-refractivity contribution in [1.29, 1.82) is 0 Å². The molecule has 0 heterocycles. The zero-order chi connectivity index (χ0) is 15.2. The third-order valence-electron chi connectivity index (χ3n) is 3.26. The molecule has 0 unspecified atom stereocenters. The molecule has 0 aromatic heterocycles. The van der Waals surface area contributed by atoms with Gasteiger partial charge in [0.1, 0.15) is 0 Å². The van der Waals surface area contributed by atoms with E-state index in [2.05, 4.69) is 36.5 Å². The van der Waals surface area contributed by atoms with E-state index in [-0.39, 0.29) is 5.91 Å². The highest BCUT2D eigenvalue weighted by Gasteiger charge is 2.03. The van der Waals surface area contributed by atoms with Crippen LogP contribution in [0.1, 0.15) is 46.8 Å². The lowest BCUT2D eigenvalue weighted by Crippen LogP contribution is -2.17. The van der Waals surface area contributed by atoms with Crippen molar-refractivity contribution in [2.75, 3.05) is 0 Å². The Morgan fingerprint density at radius 2 is 1.86 bits per heavy atom. The summed E-state index contributed by atoms with van der Waals surface area (Å²) < 4.78 is 0. The Labute approximate surface area is 125 Å². The fourth-order valence-electron chi connectivity index (χ4n) is 1.98. The van der Waals surface area contributed by atoms with Gasteiger partial charge in [0.2, 0.25) is 0 Å². The van der Waals surface area contributed by atoms with Crippen molar-refractivity contribution in [2.45, 2.75) is 26.7 Å². The number of benzene rings is 2. The van der Waals surface area contributed by atoms with E-state index in [1.165, 1.54) is 5.56 Å². The van der Waals surface area contributed by atoms with Crippen molar-refractivity contribution in [3.63, 3.8) is 0 Å². The third-order valence-corrected chi connectivity index (χ3v) is 3.26. The Hall–Kier alpha value is -2.42. The van der Waals surface area contributed by atoms with Gasteiger partial charge in [-0.15, -0.1) is 0 Å². The molecule has 0 saturated heterocycles. The van der Waals surface area contributed by atoms with Gasteiger partial charge >= 0.3 is 0 Å². The van der Waals surface area contributed by atoms with Crippen molar-refractivity contribution >= 4 is 12.1 Å². The molecule has 0 fully saturated rings. The van der Waals surface area contributed by atoms with Crippen LogP contribution in [0, 0.1) is 6.92 Å². The van der Waals surface area contributed by atoms with Crippen LogP contribution >= 0.6 is 0 Å². The van der Waals surface area contributed by atoms with Crippen LogP contribution in [0.25, 0.3) is 0 Å². The molecule has 2 aromatic rings. The number of hydrazone groups is 1. The number of hydrogen-bond donors (Lipinski definition) is 1. The molecule has 3 nitrogen and oxygen atoms in total. The van der Waals surface area contributed by atoms with E-state index >= 15 is 0 Å². The van der Waals surface area contributed by atoms with Crippen LogP contribution < -0.4 is 5.43 Å². The molecule has 1 N–H and O–H groups in total. The average molecular weight is 280 g/mol. The van der Waals surface area contributed by atoms with Crippen molar-refractivity contribution in [3.8, 4) is 0 Å². The second-order valence-electron chi connectivity index (χ2n) is 5.39. The molecule has 21 heavy (non-hydrogen) atoms. The SMILES string of the molecule is Cc1cccc(C(=O)NN=Cc2ccc(C(C)C)cc2)c1. The van der Waals surface area contributed by atoms with Crippen LogP contribution in [0.2, 0.25) is 0 Å². The van der Waals surface area contributed by atoms with Crippen molar-refractivity contribution < 1.29 is 4.79 Å². The minimum absolute atomic E-state index is 0.200. The minimum Gasteiger partial charge on any atom is -0.267 e. The fraction of sp³-hybridized carbons (Fsp3) is 0.222. The largest absolute Gasteiger partial charge is 0.271 e. The first kappa shape index (κ1) is 15.0. The summed E-state index contributed by atoms with van der Waals surface area (Å²) >= 11 is 0. The molecule has 0 radical (unpaired) electrons. The Bertz CT molecular complexity index is 643. The lowest BCUT2D eigenvalue weighted by atomic mass is 10.0. The highest BCUT2D eigenvalue weighted by Crippen LogP contribution is 2.13. The molecule has 0 aliphatic carbocycles. The number of carbonyl (C=O) groups excluding carboxylic acids is 1. The molecule has 0 atom stereocenters. The molecule has 2 aromatic carbocycles. The zero-order valence-electron chi connectivity index (χ0n) is 12.6. The molecule has 0 spiro atoms. The lowest BCUT2D eigenvalue weighted by molar-refractivity contribution is 0.0955. The fourth-order valence-corrected chi connectivity index (χ4v) is 1.98. The Morgan fingerprint density at radius 3 is 2.48 bits per heavy atom. The smallest absolute Gasteiger partial charge is 0.267 e. The minimum atomic E-state index is -0.200. The maximum Gasteiger partial charge on any atom is 0.271 e. The molecular weight excluding hydrogens is 260 g/mol. The topological polar surface area (TPSA) is 41.5 Å². The molecule has 108 valence electrons. The summed E-state index contributed by atoms with van der Waals surface area (Å²) in [4.78, 5) is 11.9. The quantitative estimate of drug-likeness (QED) is 0.670. The summed E-state index contributed by atoms with van der Waals surface area (Å²) in [6.07, 6.45) is 1.65. The monoisotopic (exact) mass is 280 g/mol. The molecular formula is C18H20N2O. The maximum absolute atomic E-state index is 11.9. The molecule has 0 saturated carbocycles. The highest BCUT2D eigenvalue weighted by molar-refractivity contribution is 5.95. The summed E-state index contributed by atoms with van der Waals surface area (Å²) in [5.74, 6) is 0.311. The molecule has 1 amide bonds. The van der Waals surface area contributed by atoms with Gasteiger partial charge in [0.25, 0.3) is 5.91 Å². The maximum atomic E-state index is 11.9. The summed E-state index contributed by atoms with van der Waals surface area (Å²) in [6.45, 7) is 6.27. The van der Waals surface area contributed by atoms with E-state index in [9.17, 15) is 4.79 Å². The van der Waals surface area contributed by atoms with Gasteiger partial charge in [-0.1, -0.05) is 55.8 Å². The van der Waals surface area contributed by atoms with Gasteiger partial charge in [-0.3, -0.25) is 4.79 Å². The predicted octanol–water partition coefficient (Wildman–Crippen LogP) is 3.88. The van der Waals surface area contributed by atoms with E-state index in [0.29, 0.717) is 11.5 Å². The first-order chi connectivity index (χ1) is 10.1. The Kier molecular flexibility index (Phi) is 4.88. The number of carbonyl (C=O) groups is 1. The normalized spacial score (nSPS) is 11.0. The van der Waals surface area contributed by atoms with Crippen molar-refractivity contribution in [1.82, 2.24) is 5.43 Å². The van der Waals surface area contributed by atoms with Gasteiger partial charge in [0.05, 0.1) is 6.21 Å². The molecule has 0 bridgehead atoms. The molecule has 0 aliphatic heterocycles. The van der Waals surface area contributed by atoms with Crippen LogP contribution in [0.5, 0.6) is 0 Å². The molecule has 0 aliphatic rings. The number of amides is 1. The Morgan fingerprint density at radius 1 is 1.14 bits per heavy atom. The first-order valence-corrected chi connectivity index (χ1v) is 7.06. The summed E-state index contributed by atoms with van der Waals surface area (Å²) in [5, 5.41) is 4.00. The van der Waals surface area contributed by atoms with Gasteiger partial charge in [-0.05, 0) is 36.1 Å². The van der Waals surface area contributed by atoms with Crippen molar-refractivity contribution in [3.05, 3.63) is 70.8 Å². The second kappa shape index (κ2) is 6.84. The predicted molar refractivity (Wildman–Crippen MR) is 86.8 cm³/mol.